The van der Waals surface area contributed by atoms with Crippen molar-refractivity contribution in [3.63, 3.8) is 0 Å². The van der Waals surface area contributed by atoms with Crippen molar-refractivity contribution in [2.45, 2.75) is 52.7 Å². The molecular formula is C23H30N2O5. The molecule has 0 heterocycles. The van der Waals surface area contributed by atoms with Crippen LogP contribution in [0, 0.1) is 0 Å². The molecule has 0 atom stereocenters. The molecule has 0 aliphatic heterocycles. The molecule has 2 rings (SSSR count). The number of carbonyl (C=O) groups is 2. The monoisotopic (exact) mass is 414 g/mol. The van der Waals surface area contributed by atoms with Gasteiger partial charge in [-0.2, -0.15) is 4.89 Å². The number of benzene rings is 2. The second-order valence-electron chi connectivity index (χ2n) is 8.96. The van der Waals surface area contributed by atoms with Crippen LogP contribution < -0.4 is 10.6 Å². The molecule has 0 aliphatic carbocycles. The zero-order valence-corrected chi connectivity index (χ0v) is 18.6. The molecule has 0 aliphatic rings. The van der Waals surface area contributed by atoms with Crippen molar-refractivity contribution in [1.82, 2.24) is 0 Å². The van der Waals surface area contributed by atoms with Crippen LogP contribution in [0.4, 0.5) is 16.2 Å². The number of nitrogen functional groups attached to an aromatic ring is 1. The van der Waals surface area contributed by atoms with Gasteiger partial charge in [0.2, 0.25) is 0 Å². The molecule has 0 radical (unpaired) electrons. The molecule has 162 valence electrons. The molecule has 0 unspecified atom stereocenters. The van der Waals surface area contributed by atoms with E-state index in [-0.39, 0.29) is 11.3 Å². The van der Waals surface area contributed by atoms with Crippen molar-refractivity contribution in [3.05, 3.63) is 48.0 Å². The van der Waals surface area contributed by atoms with Gasteiger partial charge in [-0.1, -0.05) is 18.2 Å². The third-order valence-electron chi connectivity index (χ3n) is 3.87. The van der Waals surface area contributed by atoms with E-state index in [1.165, 1.54) is 4.90 Å². The molecule has 0 fully saturated rings. The first-order chi connectivity index (χ1) is 13.8. The van der Waals surface area contributed by atoms with Crippen molar-refractivity contribution in [1.29, 1.82) is 0 Å². The number of rotatable bonds is 4. The highest BCUT2D eigenvalue weighted by Crippen LogP contribution is 2.28. The Balaban J connectivity index is 2.22. The minimum atomic E-state index is -0.660. The number of nitrogens with zero attached hydrogens (tertiary/aromatic N) is 1. The molecular weight excluding hydrogens is 384 g/mol. The summed E-state index contributed by atoms with van der Waals surface area (Å²) in [4.78, 5) is 35.9. The lowest BCUT2D eigenvalue weighted by molar-refractivity contribution is -0.301. The number of ether oxygens (including phenoxy) is 1. The molecule has 0 spiro atoms. The van der Waals surface area contributed by atoms with Gasteiger partial charge in [-0.3, -0.25) is 9.79 Å². The van der Waals surface area contributed by atoms with Crippen LogP contribution in [0.15, 0.2) is 42.5 Å². The topological polar surface area (TPSA) is 91.1 Å². The second kappa shape index (κ2) is 8.75. The first kappa shape index (κ1) is 23.2. The van der Waals surface area contributed by atoms with Gasteiger partial charge in [0, 0.05) is 18.4 Å². The van der Waals surface area contributed by atoms with Gasteiger partial charge in [-0.05, 0) is 76.9 Å². The quantitative estimate of drug-likeness (QED) is 0.420. The van der Waals surface area contributed by atoms with E-state index in [1.807, 2.05) is 45.0 Å². The van der Waals surface area contributed by atoms with Gasteiger partial charge in [-0.15, -0.1) is 0 Å². The van der Waals surface area contributed by atoms with Crippen molar-refractivity contribution in [2.75, 3.05) is 17.7 Å². The van der Waals surface area contributed by atoms with E-state index in [0.717, 1.165) is 11.1 Å². The van der Waals surface area contributed by atoms with Crippen LogP contribution in [0.3, 0.4) is 0 Å². The Hall–Kier alpha value is -3.06. The van der Waals surface area contributed by atoms with Crippen molar-refractivity contribution < 1.29 is 24.1 Å². The highest BCUT2D eigenvalue weighted by molar-refractivity contribution is 5.96. The van der Waals surface area contributed by atoms with E-state index < -0.39 is 23.3 Å². The second-order valence-corrected chi connectivity index (χ2v) is 8.96. The summed E-state index contributed by atoms with van der Waals surface area (Å²) in [5.74, 6) is -0.660. The Morgan fingerprint density at radius 1 is 0.900 bits per heavy atom. The largest absolute Gasteiger partial charge is 0.443 e. The van der Waals surface area contributed by atoms with Gasteiger partial charge in [-0.25, -0.2) is 9.59 Å². The standard InChI is InChI=1S/C23H30N2O5/c1-22(2,3)28-21(27)25(7)17-10-8-9-15(13-17)16-11-12-18(19(24)14-16)20(26)29-30-23(4,5)6/h8-14H,24H2,1-7H3. The predicted octanol–water partition coefficient (Wildman–Crippen LogP) is 5.19. The summed E-state index contributed by atoms with van der Waals surface area (Å²) in [6.07, 6.45) is -0.448. The van der Waals surface area contributed by atoms with Crippen LogP contribution in [0.2, 0.25) is 0 Å². The zero-order chi connectivity index (χ0) is 22.7. The van der Waals surface area contributed by atoms with Crippen LogP contribution in [-0.2, 0) is 14.5 Å². The Labute approximate surface area is 177 Å². The number of hydrogen-bond acceptors (Lipinski definition) is 6. The molecule has 0 aromatic heterocycles. The number of hydrogen-bond donors (Lipinski definition) is 1. The lowest BCUT2D eigenvalue weighted by atomic mass is 10.0. The van der Waals surface area contributed by atoms with Crippen molar-refractivity contribution in [2.24, 2.45) is 0 Å². The number of carbonyl (C=O) groups excluding carboxylic acids is 2. The van der Waals surface area contributed by atoms with Crippen LogP contribution in [0.5, 0.6) is 0 Å². The average Bonchev–Trinajstić information content (AvgIpc) is 2.63. The average molecular weight is 415 g/mol. The molecule has 7 nitrogen and oxygen atoms in total. The van der Waals surface area contributed by atoms with Gasteiger partial charge in [0.25, 0.3) is 0 Å². The molecule has 30 heavy (non-hydrogen) atoms. The molecule has 2 aromatic carbocycles. The molecule has 2 N–H and O–H groups in total. The summed E-state index contributed by atoms with van der Waals surface area (Å²) >= 11 is 0. The van der Waals surface area contributed by atoms with Crippen molar-refractivity contribution in [3.8, 4) is 11.1 Å². The summed E-state index contributed by atoms with van der Waals surface area (Å²) in [5, 5.41) is 0. The third kappa shape index (κ3) is 6.49. The van der Waals surface area contributed by atoms with E-state index >= 15 is 0 Å². The van der Waals surface area contributed by atoms with Crippen LogP contribution in [0.25, 0.3) is 11.1 Å². The minimum absolute atomic E-state index is 0.213. The van der Waals surface area contributed by atoms with E-state index in [9.17, 15) is 9.59 Å². The fraction of sp³-hybridized carbons (Fsp3) is 0.391. The number of anilines is 2. The van der Waals surface area contributed by atoms with E-state index in [4.69, 9.17) is 20.2 Å². The maximum absolute atomic E-state index is 12.3. The van der Waals surface area contributed by atoms with Gasteiger partial charge >= 0.3 is 12.1 Å². The lowest BCUT2D eigenvalue weighted by Gasteiger charge is -2.25. The van der Waals surface area contributed by atoms with Crippen LogP contribution >= 0.6 is 0 Å². The molecule has 0 bridgehead atoms. The maximum atomic E-state index is 12.3. The highest BCUT2D eigenvalue weighted by atomic mass is 17.2. The van der Waals surface area contributed by atoms with Crippen LogP contribution in [-0.4, -0.2) is 30.3 Å². The summed E-state index contributed by atoms with van der Waals surface area (Å²) in [5.41, 5.74) is 7.64. The zero-order valence-electron chi connectivity index (χ0n) is 18.6. The first-order valence-corrected chi connectivity index (χ1v) is 9.63. The van der Waals surface area contributed by atoms with E-state index in [0.29, 0.717) is 5.69 Å². The fourth-order valence-electron chi connectivity index (χ4n) is 2.47. The van der Waals surface area contributed by atoms with Gasteiger partial charge < -0.3 is 10.5 Å². The SMILES string of the molecule is CN(C(=O)OC(C)(C)C)c1cccc(-c2ccc(C(=O)OOC(C)(C)C)c(N)c2)c1. The van der Waals surface area contributed by atoms with Gasteiger partial charge in [0.15, 0.2) is 0 Å². The highest BCUT2D eigenvalue weighted by Gasteiger charge is 2.21. The Morgan fingerprint density at radius 2 is 1.53 bits per heavy atom. The fourth-order valence-corrected chi connectivity index (χ4v) is 2.47. The van der Waals surface area contributed by atoms with Crippen molar-refractivity contribution >= 4 is 23.4 Å². The van der Waals surface area contributed by atoms with Gasteiger partial charge in [0.1, 0.15) is 11.2 Å². The molecule has 7 heteroatoms. The lowest BCUT2D eigenvalue weighted by Crippen LogP contribution is -2.34. The summed E-state index contributed by atoms with van der Waals surface area (Å²) in [7, 11) is 1.65. The summed E-state index contributed by atoms with van der Waals surface area (Å²) < 4.78 is 5.41. The molecule has 0 saturated heterocycles. The number of nitrogens with two attached hydrogens (primary N) is 1. The molecule has 0 saturated carbocycles. The summed E-state index contributed by atoms with van der Waals surface area (Å²) in [6.45, 7) is 10.8. The smallest absolute Gasteiger partial charge is 0.414 e. The number of amides is 1. The summed E-state index contributed by atoms with van der Waals surface area (Å²) in [6, 6.07) is 12.4. The minimum Gasteiger partial charge on any atom is -0.443 e. The van der Waals surface area contributed by atoms with E-state index in [2.05, 4.69) is 0 Å². The molecule has 2 aromatic rings. The predicted molar refractivity (Wildman–Crippen MR) is 117 cm³/mol. The first-order valence-electron chi connectivity index (χ1n) is 9.63. The van der Waals surface area contributed by atoms with E-state index in [1.54, 1.807) is 46.0 Å². The maximum Gasteiger partial charge on any atom is 0.414 e. The Bertz CT molecular complexity index is 926. The molecule has 1 amide bonds. The Kier molecular flexibility index (Phi) is 6.77. The third-order valence-corrected chi connectivity index (χ3v) is 3.87. The Morgan fingerprint density at radius 3 is 2.10 bits per heavy atom. The van der Waals surface area contributed by atoms with Crippen LogP contribution in [0.1, 0.15) is 51.9 Å². The normalized spacial score (nSPS) is 11.7. The van der Waals surface area contributed by atoms with Gasteiger partial charge in [0.05, 0.1) is 5.56 Å².